The molecule has 0 N–H and O–H groups in total. The molecule has 0 aromatic carbocycles. The summed E-state index contributed by atoms with van der Waals surface area (Å²) in [6.07, 6.45) is 0.802. The Morgan fingerprint density at radius 2 is 2.22 bits per heavy atom. The minimum absolute atomic E-state index is 0.0179. The van der Waals surface area contributed by atoms with Gasteiger partial charge in [-0.05, 0) is 13.3 Å². The van der Waals surface area contributed by atoms with Crippen LogP contribution in [0.1, 0.15) is 20.3 Å². The van der Waals surface area contributed by atoms with Gasteiger partial charge in [0.05, 0.1) is 0 Å². The Morgan fingerprint density at radius 1 is 1.78 bits per heavy atom. The summed E-state index contributed by atoms with van der Waals surface area (Å²) in [4.78, 5) is 12.1. The Labute approximate surface area is 56.9 Å². The summed E-state index contributed by atoms with van der Waals surface area (Å²) in [5, 5.41) is 0. The highest BCUT2D eigenvalue weighted by atomic mass is 16.2. The Morgan fingerprint density at radius 3 is 2.33 bits per heavy atom. The maximum absolute atomic E-state index is 10.6. The lowest BCUT2D eigenvalue weighted by Gasteiger charge is -2.21. The van der Waals surface area contributed by atoms with Gasteiger partial charge in [0.2, 0.25) is 5.91 Å². The highest BCUT2D eigenvalue weighted by Crippen LogP contribution is 1.98. The van der Waals surface area contributed by atoms with E-state index in [-0.39, 0.29) is 11.9 Å². The third kappa shape index (κ3) is 2.49. The summed E-state index contributed by atoms with van der Waals surface area (Å²) in [7, 11) is 1.70. The Kier molecular flexibility index (Phi) is 3.28. The number of hydrogen-bond acceptors (Lipinski definition) is 1. The third-order valence-corrected chi connectivity index (χ3v) is 1.41. The van der Waals surface area contributed by atoms with E-state index in [4.69, 9.17) is 6.92 Å². The molecule has 0 bridgehead atoms. The van der Waals surface area contributed by atoms with Crippen molar-refractivity contribution in [3.8, 4) is 0 Å². The second-order valence-corrected chi connectivity index (χ2v) is 2.11. The molecular formula is C7H13NO. The monoisotopic (exact) mass is 127 g/mol. The van der Waals surface area contributed by atoms with Crippen LogP contribution in [0.3, 0.4) is 0 Å². The van der Waals surface area contributed by atoms with E-state index in [0.29, 0.717) is 0 Å². The topological polar surface area (TPSA) is 20.3 Å². The van der Waals surface area contributed by atoms with Gasteiger partial charge in [0.25, 0.3) is 0 Å². The number of nitrogens with zero attached hydrogens (tertiary/aromatic N) is 1. The second kappa shape index (κ2) is 3.49. The minimum Gasteiger partial charge on any atom is -0.343 e. The van der Waals surface area contributed by atoms with Gasteiger partial charge in [-0.3, -0.25) is 4.79 Å². The zero-order valence-electron chi connectivity index (χ0n) is 6.22. The molecule has 0 rings (SSSR count). The summed E-state index contributed by atoms with van der Waals surface area (Å²) >= 11 is 0. The molecule has 0 aliphatic rings. The smallest absolute Gasteiger partial charge is 0.219 e. The maximum atomic E-state index is 10.6. The Balaban J connectivity index is 3.72. The fraction of sp³-hybridized carbons (Fsp3) is 0.714. The molecule has 2 heteroatoms. The number of carbonyl (C=O) groups excluding carboxylic acids is 1. The van der Waals surface area contributed by atoms with Crippen molar-refractivity contribution in [2.75, 3.05) is 7.05 Å². The molecule has 0 spiro atoms. The van der Waals surface area contributed by atoms with E-state index in [9.17, 15) is 4.79 Å². The molecule has 0 aliphatic heterocycles. The van der Waals surface area contributed by atoms with Crippen LogP contribution < -0.4 is 0 Å². The zero-order valence-corrected chi connectivity index (χ0v) is 6.22. The first-order valence-electron chi connectivity index (χ1n) is 3.08. The van der Waals surface area contributed by atoms with Gasteiger partial charge in [-0.2, -0.15) is 0 Å². The van der Waals surface area contributed by atoms with Crippen molar-refractivity contribution in [1.82, 2.24) is 4.90 Å². The average molecular weight is 127 g/mol. The van der Waals surface area contributed by atoms with Crippen molar-refractivity contribution in [2.24, 2.45) is 0 Å². The van der Waals surface area contributed by atoms with Crippen LogP contribution in [0.25, 0.3) is 0 Å². The molecule has 1 atom stereocenters. The summed E-state index contributed by atoms with van der Waals surface area (Å²) in [5.41, 5.74) is 0. The molecule has 0 aromatic heterocycles. The quantitative estimate of drug-likeness (QED) is 0.541. The van der Waals surface area contributed by atoms with Crippen molar-refractivity contribution in [1.29, 1.82) is 0 Å². The van der Waals surface area contributed by atoms with Crippen LogP contribution >= 0.6 is 0 Å². The van der Waals surface area contributed by atoms with Gasteiger partial charge < -0.3 is 4.90 Å². The summed E-state index contributed by atoms with van der Waals surface area (Å²) in [6.45, 7) is 8.98. The van der Waals surface area contributed by atoms with Gasteiger partial charge in [-0.1, -0.05) is 6.92 Å². The van der Waals surface area contributed by atoms with Gasteiger partial charge in [0, 0.05) is 20.0 Å². The second-order valence-electron chi connectivity index (χ2n) is 2.11. The fourth-order valence-corrected chi connectivity index (χ4v) is 0.507. The molecule has 0 heterocycles. The van der Waals surface area contributed by atoms with E-state index < -0.39 is 0 Å². The molecular weight excluding hydrogens is 114 g/mol. The molecule has 0 fully saturated rings. The third-order valence-electron chi connectivity index (χ3n) is 1.41. The number of hydrogen-bond donors (Lipinski definition) is 0. The molecule has 9 heavy (non-hydrogen) atoms. The van der Waals surface area contributed by atoms with Gasteiger partial charge in [-0.25, -0.2) is 0 Å². The lowest BCUT2D eigenvalue weighted by Crippen LogP contribution is -2.32. The maximum Gasteiger partial charge on any atom is 0.219 e. The highest BCUT2D eigenvalue weighted by molar-refractivity contribution is 5.73. The van der Waals surface area contributed by atoms with E-state index in [2.05, 4.69) is 0 Å². The van der Waals surface area contributed by atoms with Gasteiger partial charge in [0.1, 0.15) is 0 Å². The molecule has 52 valence electrons. The van der Waals surface area contributed by atoms with Crippen LogP contribution in [0.5, 0.6) is 0 Å². The van der Waals surface area contributed by atoms with E-state index in [0.717, 1.165) is 6.42 Å². The summed E-state index contributed by atoms with van der Waals surface area (Å²) in [6, 6.07) is -0.123. The lowest BCUT2D eigenvalue weighted by atomic mass is 10.2. The van der Waals surface area contributed by atoms with Crippen LogP contribution in [-0.2, 0) is 4.79 Å². The first-order chi connectivity index (χ1) is 4.09. The SMILES string of the molecule is [CH]C(CC)N(C)C(C)=O. The molecule has 2 nitrogen and oxygen atoms in total. The molecule has 1 amide bonds. The van der Waals surface area contributed by atoms with E-state index in [1.807, 2.05) is 6.92 Å². The van der Waals surface area contributed by atoms with Crippen LogP contribution in [0.2, 0.25) is 0 Å². The van der Waals surface area contributed by atoms with Gasteiger partial charge >= 0.3 is 0 Å². The predicted octanol–water partition coefficient (Wildman–Crippen LogP) is 0.954. The van der Waals surface area contributed by atoms with E-state index in [1.54, 1.807) is 7.05 Å². The molecule has 0 aliphatic carbocycles. The van der Waals surface area contributed by atoms with Crippen molar-refractivity contribution < 1.29 is 4.79 Å². The van der Waals surface area contributed by atoms with Crippen molar-refractivity contribution >= 4 is 5.91 Å². The molecule has 1 unspecified atom stereocenters. The molecule has 0 saturated heterocycles. The van der Waals surface area contributed by atoms with Crippen molar-refractivity contribution in [3.05, 3.63) is 6.92 Å². The number of amides is 1. The standard InChI is InChI=1S/C7H13NO/c1-5-6(2)8(4)7(3)9/h2,6H,5H2,1,3-4H3. The summed E-state index contributed by atoms with van der Waals surface area (Å²) < 4.78 is 0. The first kappa shape index (κ1) is 8.47. The molecule has 0 saturated carbocycles. The summed E-state index contributed by atoms with van der Waals surface area (Å²) in [5.74, 6) is 0.0179. The Bertz CT molecular complexity index is 101. The van der Waals surface area contributed by atoms with Crippen LogP contribution in [0.15, 0.2) is 0 Å². The van der Waals surface area contributed by atoms with E-state index >= 15 is 0 Å². The highest BCUT2D eigenvalue weighted by Gasteiger charge is 2.07. The van der Waals surface area contributed by atoms with Gasteiger partial charge in [0.15, 0.2) is 0 Å². The van der Waals surface area contributed by atoms with Crippen LogP contribution in [-0.4, -0.2) is 23.9 Å². The average Bonchev–Trinajstić information content (AvgIpc) is 1.84. The fourth-order valence-electron chi connectivity index (χ4n) is 0.507. The first-order valence-corrected chi connectivity index (χ1v) is 3.08. The van der Waals surface area contributed by atoms with Crippen LogP contribution in [0, 0.1) is 6.92 Å². The number of rotatable bonds is 2. The van der Waals surface area contributed by atoms with E-state index in [1.165, 1.54) is 11.8 Å². The molecule has 0 aromatic rings. The predicted molar refractivity (Wildman–Crippen MR) is 36.8 cm³/mol. The Hall–Kier alpha value is -0.530. The van der Waals surface area contributed by atoms with Crippen molar-refractivity contribution in [2.45, 2.75) is 26.3 Å². The zero-order chi connectivity index (χ0) is 7.44. The van der Waals surface area contributed by atoms with Crippen LogP contribution in [0.4, 0.5) is 0 Å². The number of carbonyl (C=O) groups is 1. The van der Waals surface area contributed by atoms with Crippen molar-refractivity contribution in [3.63, 3.8) is 0 Å². The lowest BCUT2D eigenvalue weighted by molar-refractivity contribution is -0.128. The normalized spacial score (nSPS) is 12.9. The van der Waals surface area contributed by atoms with Gasteiger partial charge in [-0.15, -0.1) is 0 Å². The molecule has 2 radical (unpaired) electrons. The largest absolute Gasteiger partial charge is 0.343 e. The minimum atomic E-state index is -0.123.